The van der Waals surface area contributed by atoms with Crippen molar-refractivity contribution in [3.8, 4) is 0 Å². The summed E-state index contributed by atoms with van der Waals surface area (Å²) >= 11 is 0. The minimum atomic E-state index is -0.0169. The van der Waals surface area contributed by atoms with Gasteiger partial charge >= 0.3 is 0 Å². The Labute approximate surface area is 66.8 Å². The van der Waals surface area contributed by atoms with Gasteiger partial charge in [0.1, 0.15) is 0 Å². The average Bonchev–Trinajstić information content (AvgIpc) is 2.07. The van der Waals surface area contributed by atoms with Crippen LogP contribution in [0.4, 0.5) is 0 Å². The van der Waals surface area contributed by atoms with E-state index in [9.17, 15) is 4.79 Å². The number of aliphatic hydroxyl groups is 1. The number of aliphatic hydroxyl groups excluding tert-OH is 1. The third-order valence-corrected chi connectivity index (χ3v) is 2.06. The van der Waals surface area contributed by atoms with Gasteiger partial charge < -0.3 is 10.4 Å². The number of ketones is 1. The van der Waals surface area contributed by atoms with E-state index in [1.807, 2.05) is 0 Å². The van der Waals surface area contributed by atoms with Gasteiger partial charge in [-0.2, -0.15) is 0 Å². The molecule has 0 aromatic heterocycles. The van der Waals surface area contributed by atoms with E-state index in [2.05, 4.69) is 5.32 Å². The van der Waals surface area contributed by atoms with Gasteiger partial charge in [-0.3, -0.25) is 4.79 Å². The van der Waals surface area contributed by atoms with E-state index in [1.165, 1.54) is 6.42 Å². The highest BCUT2D eigenvalue weighted by Crippen LogP contribution is 2.08. The van der Waals surface area contributed by atoms with Crippen molar-refractivity contribution in [2.75, 3.05) is 13.2 Å². The minimum Gasteiger partial charge on any atom is -0.396 e. The van der Waals surface area contributed by atoms with Gasteiger partial charge in [0.05, 0.1) is 12.6 Å². The molecule has 0 bridgehead atoms. The summed E-state index contributed by atoms with van der Waals surface area (Å²) in [4.78, 5) is 11.2. The third kappa shape index (κ3) is 2.60. The summed E-state index contributed by atoms with van der Waals surface area (Å²) in [7, 11) is 0. The third-order valence-electron chi connectivity index (χ3n) is 2.06. The van der Waals surface area contributed by atoms with Gasteiger partial charge in [0.25, 0.3) is 0 Å². The maximum absolute atomic E-state index is 11.2. The number of hydrogen-bond acceptors (Lipinski definition) is 3. The van der Waals surface area contributed by atoms with E-state index >= 15 is 0 Å². The molecule has 1 atom stereocenters. The summed E-state index contributed by atoms with van der Waals surface area (Å²) in [5.41, 5.74) is 0. The highest BCUT2D eigenvalue weighted by Gasteiger charge is 2.18. The van der Waals surface area contributed by atoms with Crippen LogP contribution < -0.4 is 5.32 Å². The molecule has 0 saturated carbocycles. The molecule has 0 amide bonds. The molecule has 11 heavy (non-hydrogen) atoms. The number of Topliss-reactive ketones (excluding diaryl/α,β-unsaturated/α-hetero) is 1. The van der Waals surface area contributed by atoms with Gasteiger partial charge in [-0.05, 0) is 19.4 Å². The molecule has 1 rings (SSSR count). The Hall–Kier alpha value is -0.410. The van der Waals surface area contributed by atoms with Crippen LogP contribution in [0.5, 0.6) is 0 Å². The predicted molar refractivity (Wildman–Crippen MR) is 42.4 cm³/mol. The van der Waals surface area contributed by atoms with Crippen LogP contribution in [0.3, 0.4) is 0 Å². The number of piperidine rings is 1. The first-order chi connectivity index (χ1) is 5.34. The molecule has 0 aromatic rings. The first-order valence-corrected chi connectivity index (χ1v) is 4.21. The number of hydrogen-bond donors (Lipinski definition) is 2. The molecular weight excluding hydrogens is 142 g/mol. The Morgan fingerprint density at radius 2 is 2.36 bits per heavy atom. The highest BCUT2D eigenvalue weighted by molar-refractivity contribution is 5.84. The standard InChI is InChI=1S/C8H15NO2/c10-6-4-8(11)7-3-1-2-5-9-7/h7,9-10H,1-6H2. The molecule has 2 N–H and O–H groups in total. The lowest BCUT2D eigenvalue weighted by atomic mass is 10.00. The molecule has 1 heterocycles. The Kier molecular flexibility index (Phi) is 3.52. The molecule has 1 fully saturated rings. The van der Waals surface area contributed by atoms with Gasteiger partial charge in [-0.1, -0.05) is 6.42 Å². The lowest BCUT2D eigenvalue weighted by Gasteiger charge is -2.21. The first kappa shape index (κ1) is 8.68. The first-order valence-electron chi connectivity index (χ1n) is 4.21. The van der Waals surface area contributed by atoms with Gasteiger partial charge in [-0.25, -0.2) is 0 Å². The zero-order valence-electron chi connectivity index (χ0n) is 6.68. The van der Waals surface area contributed by atoms with Crippen LogP contribution >= 0.6 is 0 Å². The SMILES string of the molecule is O=C(CCO)C1CCCCN1. The average molecular weight is 157 g/mol. The van der Waals surface area contributed by atoms with Gasteiger partial charge in [0.2, 0.25) is 0 Å². The van der Waals surface area contributed by atoms with Crippen LogP contribution in [0.1, 0.15) is 25.7 Å². The molecule has 1 aliphatic heterocycles. The molecule has 0 radical (unpaired) electrons. The molecule has 1 unspecified atom stereocenters. The normalized spacial score (nSPS) is 25.0. The van der Waals surface area contributed by atoms with Crippen LogP contribution in [0.25, 0.3) is 0 Å². The lowest BCUT2D eigenvalue weighted by Crippen LogP contribution is -2.40. The maximum atomic E-state index is 11.2. The van der Waals surface area contributed by atoms with E-state index in [0.29, 0.717) is 6.42 Å². The predicted octanol–water partition coefficient (Wildman–Crippen LogP) is 0.0800. The molecule has 3 nitrogen and oxygen atoms in total. The molecule has 1 aliphatic rings. The fourth-order valence-electron chi connectivity index (χ4n) is 1.41. The van der Waals surface area contributed by atoms with Crippen molar-refractivity contribution >= 4 is 5.78 Å². The Balaban J connectivity index is 2.27. The Morgan fingerprint density at radius 1 is 1.55 bits per heavy atom. The number of rotatable bonds is 3. The summed E-state index contributed by atoms with van der Waals surface area (Å²) < 4.78 is 0. The number of nitrogens with one attached hydrogen (secondary N) is 1. The fraction of sp³-hybridized carbons (Fsp3) is 0.875. The van der Waals surface area contributed by atoms with Gasteiger partial charge in [0.15, 0.2) is 5.78 Å². The van der Waals surface area contributed by atoms with Crippen molar-refractivity contribution < 1.29 is 9.90 Å². The van der Waals surface area contributed by atoms with Crippen molar-refractivity contribution in [1.82, 2.24) is 5.32 Å². The van der Waals surface area contributed by atoms with Gasteiger partial charge in [0, 0.05) is 6.42 Å². The zero-order valence-corrected chi connectivity index (χ0v) is 6.68. The minimum absolute atomic E-state index is 0.0169. The second-order valence-corrected chi connectivity index (χ2v) is 2.94. The van der Waals surface area contributed by atoms with Crippen LogP contribution in [-0.2, 0) is 4.79 Å². The monoisotopic (exact) mass is 157 g/mol. The number of carbonyl (C=O) groups is 1. The molecule has 3 heteroatoms. The fourth-order valence-corrected chi connectivity index (χ4v) is 1.41. The largest absolute Gasteiger partial charge is 0.396 e. The second-order valence-electron chi connectivity index (χ2n) is 2.94. The van der Waals surface area contributed by atoms with E-state index < -0.39 is 0 Å². The Bertz CT molecular complexity index is 130. The van der Waals surface area contributed by atoms with E-state index in [0.717, 1.165) is 19.4 Å². The molecule has 0 aromatic carbocycles. The number of carbonyl (C=O) groups excluding carboxylic acids is 1. The second kappa shape index (κ2) is 4.46. The van der Waals surface area contributed by atoms with Crippen molar-refractivity contribution in [1.29, 1.82) is 0 Å². The molecule has 0 aliphatic carbocycles. The quantitative estimate of drug-likeness (QED) is 0.610. The smallest absolute Gasteiger partial charge is 0.152 e. The molecule has 0 spiro atoms. The Morgan fingerprint density at radius 3 is 2.91 bits per heavy atom. The van der Waals surface area contributed by atoms with Crippen molar-refractivity contribution in [2.45, 2.75) is 31.7 Å². The maximum Gasteiger partial charge on any atom is 0.152 e. The van der Waals surface area contributed by atoms with Crippen LogP contribution in [0, 0.1) is 0 Å². The van der Waals surface area contributed by atoms with Crippen molar-refractivity contribution in [3.05, 3.63) is 0 Å². The zero-order chi connectivity index (χ0) is 8.10. The molecule has 1 saturated heterocycles. The summed E-state index contributed by atoms with van der Waals surface area (Å²) in [6, 6.07) is 0.0240. The summed E-state index contributed by atoms with van der Waals surface area (Å²) in [5.74, 6) is 0.159. The molecule has 64 valence electrons. The van der Waals surface area contributed by atoms with Crippen LogP contribution in [0.15, 0.2) is 0 Å². The van der Waals surface area contributed by atoms with Crippen LogP contribution in [0.2, 0.25) is 0 Å². The summed E-state index contributed by atoms with van der Waals surface area (Å²) in [6.45, 7) is 0.929. The van der Waals surface area contributed by atoms with E-state index in [-0.39, 0.29) is 18.4 Å². The van der Waals surface area contributed by atoms with E-state index in [1.54, 1.807) is 0 Å². The highest BCUT2D eigenvalue weighted by atomic mass is 16.3. The van der Waals surface area contributed by atoms with Crippen LogP contribution in [-0.4, -0.2) is 30.1 Å². The summed E-state index contributed by atoms with van der Waals surface area (Å²) in [5, 5.41) is 11.7. The molecular formula is C8H15NO2. The van der Waals surface area contributed by atoms with Crippen molar-refractivity contribution in [3.63, 3.8) is 0 Å². The van der Waals surface area contributed by atoms with E-state index in [4.69, 9.17) is 5.11 Å². The summed E-state index contributed by atoms with van der Waals surface area (Å²) in [6.07, 6.45) is 3.55. The van der Waals surface area contributed by atoms with Crippen molar-refractivity contribution in [2.24, 2.45) is 0 Å². The van der Waals surface area contributed by atoms with Gasteiger partial charge in [-0.15, -0.1) is 0 Å². The topological polar surface area (TPSA) is 49.3 Å². The lowest BCUT2D eigenvalue weighted by molar-refractivity contribution is -0.122.